The Morgan fingerprint density at radius 3 is 2.67 bits per heavy atom. The molecule has 0 bridgehead atoms. The fourth-order valence-electron chi connectivity index (χ4n) is 2.21. The second kappa shape index (κ2) is 5.53. The molecule has 0 radical (unpaired) electrons. The Labute approximate surface area is 95.8 Å². The van der Waals surface area contributed by atoms with Crippen LogP contribution in [0.15, 0.2) is 30.2 Å². The molecule has 1 aliphatic rings. The maximum absolute atomic E-state index is 3.84. The molecule has 0 amide bonds. The predicted molar refractivity (Wildman–Crippen MR) is 71.6 cm³/mol. The van der Waals surface area contributed by atoms with Gasteiger partial charge < -0.3 is 0 Å². The molecule has 0 spiro atoms. The molecule has 84 valence electrons. The smallest absolute Gasteiger partial charge is 0.0781 e. The fraction of sp³-hybridized carbons (Fsp3) is 0.643. The first-order valence-electron chi connectivity index (χ1n) is 6.07. The zero-order valence-electron chi connectivity index (χ0n) is 10.4. The van der Waals surface area contributed by atoms with E-state index in [1.54, 1.807) is 0 Å². The lowest BCUT2D eigenvalue weighted by Gasteiger charge is -2.12. The van der Waals surface area contributed by atoms with Crippen LogP contribution in [0.25, 0.3) is 0 Å². The van der Waals surface area contributed by atoms with Crippen molar-refractivity contribution in [2.75, 3.05) is 0 Å². The molecular weight excluding hydrogens is 196 g/mol. The Balaban J connectivity index is 2.57. The van der Waals surface area contributed by atoms with E-state index in [1.165, 1.54) is 25.7 Å². The standard InChI is InChI=1S/C14H24Si/c1-5-8-13-9-6-10-14(13)11-7-12-15(2,3)4/h5,11-14H,1,6,8-10H2,2-4H3/t7?,13-,14+/m0/s1. The van der Waals surface area contributed by atoms with E-state index in [0.29, 0.717) is 0 Å². The summed E-state index contributed by atoms with van der Waals surface area (Å²) >= 11 is 0. The molecule has 1 rings (SSSR count). The number of hydrogen-bond acceptors (Lipinski definition) is 0. The summed E-state index contributed by atoms with van der Waals surface area (Å²) in [5, 5.41) is 0. The zero-order valence-corrected chi connectivity index (χ0v) is 11.4. The van der Waals surface area contributed by atoms with E-state index < -0.39 is 8.07 Å². The molecule has 1 aliphatic carbocycles. The van der Waals surface area contributed by atoms with Gasteiger partial charge in [-0.1, -0.05) is 37.8 Å². The van der Waals surface area contributed by atoms with Crippen LogP contribution in [0.3, 0.4) is 0 Å². The van der Waals surface area contributed by atoms with Crippen LogP contribution in [0.1, 0.15) is 25.7 Å². The summed E-state index contributed by atoms with van der Waals surface area (Å²) in [6.45, 7) is 10.9. The van der Waals surface area contributed by atoms with Crippen molar-refractivity contribution in [3.8, 4) is 0 Å². The van der Waals surface area contributed by atoms with Gasteiger partial charge in [0.25, 0.3) is 0 Å². The highest BCUT2D eigenvalue weighted by Crippen LogP contribution is 2.34. The molecule has 0 saturated heterocycles. The summed E-state index contributed by atoms with van der Waals surface area (Å²) in [7, 11) is -1.06. The average Bonchev–Trinajstić information content (AvgIpc) is 2.51. The van der Waals surface area contributed by atoms with Crippen LogP contribution in [-0.2, 0) is 0 Å². The summed E-state index contributed by atoms with van der Waals surface area (Å²) in [4.78, 5) is 0. The SMILES string of the molecule is C=CC[C@H]1CCC[C@@H]1C=C=C[Si](C)(C)C. The van der Waals surface area contributed by atoms with Crippen LogP contribution in [0.4, 0.5) is 0 Å². The molecule has 2 atom stereocenters. The molecule has 0 aliphatic heterocycles. The summed E-state index contributed by atoms with van der Waals surface area (Å²) in [5.74, 6) is 1.60. The third kappa shape index (κ3) is 4.68. The molecule has 0 aromatic carbocycles. The van der Waals surface area contributed by atoms with Crippen LogP contribution < -0.4 is 0 Å². The van der Waals surface area contributed by atoms with Gasteiger partial charge in [-0.05, 0) is 37.2 Å². The van der Waals surface area contributed by atoms with Gasteiger partial charge in [-0.3, -0.25) is 0 Å². The van der Waals surface area contributed by atoms with Gasteiger partial charge in [0.15, 0.2) is 0 Å². The quantitative estimate of drug-likeness (QED) is 0.370. The molecule has 0 aromatic rings. The monoisotopic (exact) mass is 220 g/mol. The van der Waals surface area contributed by atoms with Crippen LogP contribution in [0, 0.1) is 11.8 Å². The topological polar surface area (TPSA) is 0 Å². The van der Waals surface area contributed by atoms with Crippen molar-refractivity contribution in [3.05, 3.63) is 30.2 Å². The first-order valence-corrected chi connectivity index (χ1v) is 9.65. The highest BCUT2D eigenvalue weighted by atomic mass is 28.3. The molecule has 1 fully saturated rings. The van der Waals surface area contributed by atoms with Crippen molar-refractivity contribution in [1.29, 1.82) is 0 Å². The van der Waals surface area contributed by atoms with Gasteiger partial charge in [0.1, 0.15) is 0 Å². The average molecular weight is 220 g/mol. The maximum Gasteiger partial charge on any atom is 0.0781 e. The highest BCUT2D eigenvalue weighted by Gasteiger charge is 2.23. The van der Waals surface area contributed by atoms with Crippen LogP contribution in [0.2, 0.25) is 19.6 Å². The van der Waals surface area contributed by atoms with E-state index in [1.807, 2.05) is 0 Å². The maximum atomic E-state index is 3.84. The lowest BCUT2D eigenvalue weighted by atomic mass is 9.93. The summed E-state index contributed by atoms with van der Waals surface area (Å²) in [6.07, 6.45) is 9.68. The molecular formula is C14H24Si. The third-order valence-corrected chi connectivity index (χ3v) is 4.05. The Kier molecular flexibility index (Phi) is 4.63. The number of hydrogen-bond donors (Lipinski definition) is 0. The van der Waals surface area contributed by atoms with E-state index in [4.69, 9.17) is 0 Å². The molecule has 15 heavy (non-hydrogen) atoms. The second-order valence-electron chi connectivity index (χ2n) is 5.72. The van der Waals surface area contributed by atoms with E-state index in [9.17, 15) is 0 Å². The predicted octanol–water partition coefficient (Wildman–Crippen LogP) is 4.57. The van der Waals surface area contributed by atoms with E-state index >= 15 is 0 Å². The first-order chi connectivity index (χ1) is 7.03. The summed E-state index contributed by atoms with van der Waals surface area (Å²) in [6, 6.07) is 0. The minimum atomic E-state index is -1.06. The third-order valence-electron chi connectivity index (χ3n) is 3.01. The first kappa shape index (κ1) is 12.5. The molecule has 0 heterocycles. The van der Waals surface area contributed by atoms with Crippen LogP contribution in [-0.4, -0.2) is 8.07 Å². The number of rotatable bonds is 4. The van der Waals surface area contributed by atoms with Crippen molar-refractivity contribution in [2.45, 2.75) is 45.3 Å². The van der Waals surface area contributed by atoms with Gasteiger partial charge in [0.2, 0.25) is 0 Å². The van der Waals surface area contributed by atoms with Crippen LogP contribution >= 0.6 is 0 Å². The summed E-state index contributed by atoms with van der Waals surface area (Å²) in [5.41, 5.74) is 5.75. The van der Waals surface area contributed by atoms with Gasteiger partial charge in [-0.2, -0.15) is 0 Å². The molecule has 1 saturated carbocycles. The van der Waals surface area contributed by atoms with Crippen molar-refractivity contribution in [2.24, 2.45) is 11.8 Å². The van der Waals surface area contributed by atoms with Crippen molar-refractivity contribution in [1.82, 2.24) is 0 Å². The molecule has 0 N–H and O–H groups in total. The molecule has 0 unspecified atom stereocenters. The van der Waals surface area contributed by atoms with Gasteiger partial charge in [0.05, 0.1) is 8.07 Å². The lowest BCUT2D eigenvalue weighted by Crippen LogP contribution is -2.14. The normalized spacial score (nSPS) is 25.8. The van der Waals surface area contributed by atoms with Gasteiger partial charge in [0, 0.05) is 0 Å². The molecule has 0 aromatic heterocycles. The largest absolute Gasteiger partial charge is 0.134 e. The zero-order chi connectivity index (χ0) is 11.3. The lowest BCUT2D eigenvalue weighted by molar-refractivity contribution is 0.465. The van der Waals surface area contributed by atoms with Crippen LogP contribution in [0.5, 0.6) is 0 Å². The van der Waals surface area contributed by atoms with Crippen molar-refractivity contribution < 1.29 is 0 Å². The van der Waals surface area contributed by atoms with E-state index in [-0.39, 0.29) is 0 Å². The van der Waals surface area contributed by atoms with E-state index in [2.05, 4.69) is 49.8 Å². The van der Waals surface area contributed by atoms with Crippen molar-refractivity contribution in [3.63, 3.8) is 0 Å². The Morgan fingerprint density at radius 2 is 2.07 bits per heavy atom. The Bertz CT molecular complexity index is 264. The van der Waals surface area contributed by atoms with Crippen molar-refractivity contribution >= 4 is 8.07 Å². The minimum absolute atomic E-state index is 0.760. The number of allylic oxidation sites excluding steroid dienone is 2. The molecule has 0 nitrogen and oxygen atoms in total. The Morgan fingerprint density at radius 1 is 1.33 bits per heavy atom. The van der Waals surface area contributed by atoms with Gasteiger partial charge >= 0.3 is 0 Å². The molecule has 1 heteroatoms. The Hall–Kier alpha value is -0.523. The highest BCUT2D eigenvalue weighted by molar-refractivity contribution is 6.80. The summed E-state index contributed by atoms with van der Waals surface area (Å²) < 4.78 is 0. The van der Waals surface area contributed by atoms with E-state index in [0.717, 1.165) is 11.8 Å². The minimum Gasteiger partial charge on any atom is -0.134 e. The van der Waals surface area contributed by atoms with Gasteiger partial charge in [-0.15, -0.1) is 12.3 Å². The fourth-order valence-corrected chi connectivity index (χ4v) is 2.81. The second-order valence-corrected chi connectivity index (χ2v) is 10.7. The van der Waals surface area contributed by atoms with Gasteiger partial charge in [-0.25, -0.2) is 0 Å².